The summed E-state index contributed by atoms with van der Waals surface area (Å²) in [6, 6.07) is 5.79. The molecule has 170 valence electrons. The summed E-state index contributed by atoms with van der Waals surface area (Å²) >= 11 is 1.41. The second-order valence-corrected chi connectivity index (χ2v) is 10.5. The summed E-state index contributed by atoms with van der Waals surface area (Å²) in [5.41, 5.74) is 2.02. The summed E-state index contributed by atoms with van der Waals surface area (Å²) in [5.74, 6) is 0.548. The molecule has 0 spiro atoms. The van der Waals surface area contributed by atoms with Crippen LogP contribution in [0.4, 0.5) is 10.8 Å². The molecule has 0 atom stereocenters. The number of anilines is 2. The third kappa shape index (κ3) is 4.06. The number of nitrogens with one attached hydrogen (secondary N) is 2. The van der Waals surface area contributed by atoms with Gasteiger partial charge < -0.3 is 25.2 Å². The summed E-state index contributed by atoms with van der Waals surface area (Å²) in [6.45, 7) is 7.16. The van der Waals surface area contributed by atoms with Crippen molar-refractivity contribution in [1.29, 1.82) is 0 Å². The van der Waals surface area contributed by atoms with Gasteiger partial charge in [0.2, 0.25) is 0 Å². The van der Waals surface area contributed by atoms with Crippen LogP contribution in [-0.2, 0) is 6.42 Å². The molecule has 3 aliphatic rings. The molecule has 0 bridgehead atoms. The highest BCUT2D eigenvalue weighted by Gasteiger charge is 2.35. The van der Waals surface area contributed by atoms with E-state index >= 15 is 0 Å². The highest BCUT2D eigenvalue weighted by atomic mass is 32.1. The quantitative estimate of drug-likeness (QED) is 0.740. The van der Waals surface area contributed by atoms with Gasteiger partial charge in [0.1, 0.15) is 17.2 Å². The van der Waals surface area contributed by atoms with Crippen LogP contribution in [-0.4, -0.2) is 66.6 Å². The molecule has 2 amide bonds. The van der Waals surface area contributed by atoms with E-state index in [1.54, 1.807) is 0 Å². The molecule has 3 aliphatic heterocycles. The van der Waals surface area contributed by atoms with Crippen molar-refractivity contribution in [2.75, 3.05) is 38.2 Å². The van der Waals surface area contributed by atoms with Crippen LogP contribution in [0.3, 0.4) is 0 Å². The van der Waals surface area contributed by atoms with Crippen LogP contribution in [0, 0.1) is 0 Å². The molecule has 32 heavy (non-hydrogen) atoms. The van der Waals surface area contributed by atoms with Crippen molar-refractivity contribution >= 4 is 34.0 Å². The maximum Gasteiger partial charge on any atom is 0.263 e. The molecule has 5 rings (SSSR count). The second kappa shape index (κ2) is 8.04. The molecule has 0 radical (unpaired) electrons. The van der Waals surface area contributed by atoms with Gasteiger partial charge in [0.15, 0.2) is 5.13 Å². The van der Waals surface area contributed by atoms with E-state index in [-0.39, 0.29) is 23.4 Å². The number of benzene rings is 1. The third-order valence-electron chi connectivity index (χ3n) is 6.32. The number of nitrogens with zero attached hydrogens (tertiary/aromatic N) is 3. The highest BCUT2D eigenvalue weighted by molar-refractivity contribution is 7.17. The fourth-order valence-corrected chi connectivity index (χ4v) is 5.58. The zero-order valence-electron chi connectivity index (χ0n) is 18.7. The predicted molar refractivity (Wildman–Crippen MR) is 124 cm³/mol. The van der Waals surface area contributed by atoms with Crippen molar-refractivity contribution in [2.24, 2.45) is 0 Å². The lowest BCUT2D eigenvalue weighted by Crippen LogP contribution is -2.48. The minimum Gasteiger partial charge on any atom is -0.490 e. The zero-order chi connectivity index (χ0) is 22.5. The molecule has 2 aromatic rings. The number of thiazole rings is 1. The van der Waals surface area contributed by atoms with E-state index in [4.69, 9.17) is 9.72 Å². The Kier molecular flexibility index (Phi) is 5.33. The normalized spacial score (nSPS) is 20.7. The number of aromatic nitrogens is 1. The Balaban J connectivity index is 1.36. The van der Waals surface area contributed by atoms with Gasteiger partial charge in [-0.2, -0.15) is 0 Å². The summed E-state index contributed by atoms with van der Waals surface area (Å²) in [7, 11) is 2.11. The fraction of sp³-hybridized carbons (Fsp3) is 0.522. The number of carbonyl (C=O) groups excluding carboxylic acids is 2. The van der Waals surface area contributed by atoms with E-state index in [1.807, 2.05) is 32.0 Å². The van der Waals surface area contributed by atoms with E-state index in [2.05, 4.69) is 27.5 Å². The van der Waals surface area contributed by atoms with Crippen LogP contribution in [0.5, 0.6) is 5.75 Å². The maximum absolute atomic E-state index is 12.8. The lowest BCUT2D eigenvalue weighted by molar-refractivity contribution is 0.0896. The molecule has 9 heteroatoms. The van der Waals surface area contributed by atoms with Crippen LogP contribution < -0.4 is 20.3 Å². The highest BCUT2D eigenvalue weighted by Crippen LogP contribution is 2.41. The number of fused-ring (bicyclic) bond motifs is 2. The van der Waals surface area contributed by atoms with E-state index in [1.165, 1.54) is 11.3 Å². The van der Waals surface area contributed by atoms with Gasteiger partial charge in [0.25, 0.3) is 11.8 Å². The Morgan fingerprint density at radius 3 is 2.84 bits per heavy atom. The van der Waals surface area contributed by atoms with Crippen molar-refractivity contribution in [1.82, 2.24) is 20.5 Å². The minimum absolute atomic E-state index is 0.0607. The van der Waals surface area contributed by atoms with Crippen molar-refractivity contribution in [3.8, 4) is 5.75 Å². The molecule has 0 aliphatic carbocycles. The lowest BCUT2D eigenvalue weighted by atomic mass is 9.94. The number of hydrogen-bond donors (Lipinski definition) is 2. The number of piperidine rings is 1. The maximum atomic E-state index is 12.8. The molecule has 2 N–H and O–H groups in total. The first-order valence-electron chi connectivity index (χ1n) is 11.1. The van der Waals surface area contributed by atoms with Gasteiger partial charge in [0.05, 0.1) is 17.9 Å². The van der Waals surface area contributed by atoms with Crippen LogP contribution in [0.15, 0.2) is 18.2 Å². The standard InChI is InChI=1S/C23H29N5O3S/c1-23(2)13-16-19(21(30)26-23)32-22(25-16)28-10-11-31-18-12-14(4-5-17(18)28)20(29)24-15-6-8-27(3)9-7-15/h4-5,12,15H,6-11,13H2,1-3H3,(H,24,29)(H,26,30). The summed E-state index contributed by atoms with van der Waals surface area (Å²) in [4.78, 5) is 35.2. The Labute approximate surface area is 191 Å². The van der Waals surface area contributed by atoms with Gasteiger partial charge >= 0.3 is 0 Å². The van der Waals surface area contributed by atoms with Crippen molar-refractivity contribution in [3.63, 3.8) is 0 Å². The monoisotopic (exact) mass is 455 g/mol. The van der Waals surface area contributed by atoms with Gasteiger partial charge in [-0.25, -0.2) is 4.98 Å². The van der Waals surface area contributed by atoms with Crippen molar-refractivity contribution in [2.45, 2.75) is 44.7 Å². The van der Waals surface area contributed by atoms with Crippen LogP contribution >= 0.6 is 11.3 Å². The van der Waals surface area contributed by atoms with Crippen LogP contribution in [0.25, 0.3) is 0 Å². The Morgan fingerprint density at radius 1 is 1.28 bits per heavy atom. The second-order valence-electron chi connectivity index (χ2n) is 9.52. The van der Waals surface area contributed by atoms with E-state index in [9.17, 15) is 9.59 Å². The largest absolute Gasteiger partial charge is 0.490 e. The number of likely N-dealkylation sites (tertiary alicyclic amines) is 1. The van der Waals surface area contributed by atoms with Gasteiger partial charge in [-0.15, -0.1) is 0 Å². The smallest absolute Gasteiger partial charge is 0.263 e. The topological polar surface area (TPSA) is 86.8 Å². The molecule has 8 nitrogen and oxygen atoms in total. The van der Waals surface area contributed by atoms with E-state index in [0.29, 0.717) is 35.8 Å². The Bertz CT molecular complexity index is 1060. The summed E-state index contributed by atoms with van der Waals surface area (Å²) in [6.07, 6.45) is 2.64. The van der Waals surface area contributed by atoms with Gasteiger partial charge in [-0.3, -0.25) is 9.59 Å². The molecular weight excluding hydrogens is 426 g/mol. The summed E-state index contributed by atoms with van der Waals surface area (Å²) in [5, 5.41) is 6.99. The van der Waals surface area contributed by atoms with Crippen LogP contribution in [0.2, 0.25) is 0 Å². The Morgan fingerprint density at radius 2 is 2.06 bits per heavy atom. The van der Waals surface area contributed by atoms with Crippen molar-refractivity contribution < 1.29 is 14.3 Å². The molecule has 1 fully saturated rings. The first kappa shape index (κ1) is 21.2. The van der Waals surface area contributed by atoms with E-state index < -0.39 is 0 Å². The fourth-order valence-electron chi connectivity index (χ4n) is 4.56. The predicted octanol–water partition coefficient (Wildman–Crippen LogP) is 2.56. The minimum atomic E-state index is -0.297. The van der Waals surface area contributed by atoms with Crippen LogP contribution in [0.1, 0.15) is 52.4 Å². The molecule has 1 aromatic carbocycles. The lowest BCUT2D eigenvalue weighted by Gasteiger charge is -2.30. The third-order valence-corrected chi connectivity index (χ3v) is 7.44. The zero-order valence-corrected chi connectivity index (χ0v) is 19.6. The van der Waals surface area contributed by atoms with E-state index in [0.717, 1.165) is 42.4 Å². The molecule has 0 unspecified atom stereocenters. The van der Waals surface area contributed by atoms with Gasteiger partial charge in [-0.1, -0.05) is 11.3 Å². The number of hydrogen-bond acceptors (Lipinski definition) is 7. The molecular formula is C23H29N5O3S. The number of carbonyl (C=O) groups is 2. The van der Waals surface area contributed by atoms with Crippen molar-refractivity contribution in [3.05, 3.63) is 34.3 Å². The Hall–Kier alpha value is -2.65. The first-order valence-corrected chi connectivity index (χ1v) is 12.0. The first-order chi connectivity index (χ1) is 15.3. The average Bonchev–Trinajstić information content (AvgIpc) is 3.17. The molecule has 0 saturated carbocycles. The van der Waals surface area contributed by atoms with Gasteiger partial charge in [0, 0.05) is 23.6 Å². The average molecular weight is 456 g/mol. The number of ether oxygens (including phenoxy) is 1. The molecule has 1 aromatic heterocycles. The number of amides is 2. The van der Waals surface area contributed by atoms with Gasteiger partial charge in [-0.05, 0) is 65.0 Å². The number of rotatable bonds is 3. The summed E-state index contributed by atoms with van der Waals surface area (Å²) < 4.78 is 5.90. The SMILES string of the molecule is CN1CCC(NC(=O)c2ccc3c(c2)OCCN3c2nc3c(s2)C(=O)NC(C)(C)C3)CC1. The molecule has 1 saturated heterocycles. The molecule has 4 heterocycles.